The van der Waals surface area contributed by atoms with Gasteiger partial charge in [0.2, 0.25) is 0 Å². The molecule has 15 heavy (non-hydrogen) atoms. The summed E-state index contributed by atoms with van der Waals surface area (Å²) in [6.45, 7) is 4.88. The zero-order valence-electron chi connectivity index (χ0n) is 8.46. The number of hydrogen-bond donors (Lipinski definition) is 2. The van der Waals surface area contributed by atoms with Crippen LogP contribution in [-0.2, 0) is 0 Å². The van der Waals surface area contributed by atoms with E-state index >= 15 is 0 Å². The van der Waals surface area contributed by atoms with Crippen LogP contribution in [0.1, 0.15) is 18.3 Å². The topological polar surface area (TPSA) is 40.7 Å². The van der Waals surface area contributed by atoms with Gasteiger partial charge in [0, 0.05) is 6.54 Å². The molecule has 1 atom stereocenters. The van der Waals surface area contributed by atoms with E-state index in [1.54, 1.807) is 0 Å². The van der Waals surface area contributed by atoms with Gasteiger partial charge in [-0.15, -0.1) is 0 Å². The van der Waals surface area contributed by atoms with Gasteiger partial charge in [0.05, 0.1) is 17.1 Å². The van der Waals surface area contributed by atoms with E-state index in [0.29, 0.717) is 6.04 Å². The van der Waals surface area contributed by atoms with E-state index in [9.17, 15) is 0 Å². The Balaban J connectivity index is 2.01. The predicted octanol–water partition coefficient (Wildman–Crippen LogP) is 2.15. The van der Waals surface area contributed by atoms with Crippen molar-refractivity contribution < 1.29 is 0 Å². The fraction of sp³-hybridized carbons (Fsp3) is 0.250. The lowest BCUT2D eigenvalue weighted by Gasteiger charge is -2.04. The summed E-state index contributed by atoms with van der Waals surface area (Å²) in [6.07, 6.45) is 0.986. The minimum atomic E-state index is 0.310. The molecule has 0 unspecified atom stereocenters. The fourth-order valence-electron chi connectivity index (χ4n) is 2.03. The molecular formula is C12H13N3. The lowest BCUT2D eigenvalue weighted by molar-refractivity contribution is 0.617. The highest BCUT2D eigenvalue weighted by atomic mass is 15.0. The summed E-state index contributed by atoms with van der Waals surface area (Å²) in [5, 5.41) is 3.39. The number of nitrogens with zero attached hydrogens (tertiary/aromatic N) is 1. The number of benzene rings is 1. The summed E-state index contributed by atoms with van der Waals surface area (Å²) in [7, 11) is 0. The standard InChI is InChI=1S/C12H13N3/c1-8-6-11(13-7-8)12-14-9-4-2-3-5-10(9)15-12/h2-5,11,13H,1,6-7H2,(H,14,15)/t11-/m0/s1. The van der Waals surface area contributed by atoms with Gasteiger partial charge in [0.1, 0.15) is 5.82 Å². The molecule has 1 saturated heterocycles. The van der Waals surface area contributed by atoms with Crippen LogP contribution in [-0.4, -0.2) is 16.5 Å². The Hall–Kier alpha value is -1.61. The van der Waals surface area contributed by atoms with E-state index in [-0.39, 0.29) is 0 Å². The van der Waals surface area contributed by atoms with Gasteiger partial charge < -0.3 is 10.3 Å². The molecular weight excluding hydrogens is 186 g/mol. The van der Waals surface area contributed by atoms with Gasteiger partial charge in [-0.05, 0) is 18.6 Å². The monoisotopic (exact) mass is 199 g/mol. The number of nitrogens with one attached hydrogen (secondary N) is 2. The van der Waals surface area contributed by atoms with Crippen LogP contribution in [0, 0.1) is 0 Å². The molecule has 2 N–H and O–H groups in total. The lowest BCUT2D eigenvalue weighted by atomic mass is 10.2. The summed E-state index contributed by atoms with van der Waals surface area (Å²) in [6, 6.07) is 8.42. The van der Waals surface area contributed by atoms with Crippen molar-refractivity contribution in [3.63, 3.8) is 0 Å². The van der Waals surface area contributed by atoms with E-state index in [0.717, 1.165) is 29.8 Å². The summed E-state index contributed by atoms with van der Waals surface area (Å²) in [5.41, 5.74) is 3.39. The van der Waals surface area contributed by atoms with Crippen LogP contribution in [0.5, 0.6) is 0 Å². The first-order chi connectivity index (χ1) is 7.33. The third-order valence-corrected chi connectivity index (χ3v) is 2.83. The van der Waals surface area contributed by atoms with Crippen LogP contribution in [0.3, 0.4) is 0 Å². The van der Waals surface area contributed by atoms with Crippen LogP contribution < -0.4 is 5.32 Å². The smallest absolute Gasteiger partial charge is 0.124 e. The first-order valence-electron chi connectivity index (χ1n) is 5.17. The third kappa shape index (κ3) is 1.45. The predicted molar refractivity (Wildman–Crippen MR) is 60.6 cm³/mol. The van der Waals surface area contributed by atoms with Crippen LogP contribution in [0.15, 0.2) is 36.4 Å². The zero-order chi connectivity index (χ0) is 10.3. The second kappa shape index (κ2) is 3.21. The van der Waals surface area contributed by atoms with Crippen molar-refractivity contribution in [2.75, 3.05) is 6.54 Å². The van der Waals surface area contributed by atoms with E-state index in [4.69, 9.17) is 0 Å². The summed E-state index contributed by atoms with van der Waals surface area (Å²) >= 11 is 0. The molecule has 0 bridgehead atoms. The van der Waals surface area contributed by atoms with Gasteiger partial charge in [0.25, 0.3) is 0 Å². The third-order valence-electron chi connectivity index (χ3n) is 2.83. The van der Waals surface area contributed by atoms with Gasteiger partial charge >= 0.3 is 0 Å². The number of imidazole rings is 1. The van der Waals surface area contributed by atoms with E-state index in [1.165, 1.54) is 5.57 Å². The lowest BCUT2D eigenvalue weighted by Crippen LogP contribution is -2.14. The maximum Gasteiger partial charge on any atom is 0.124 e. The molecule has 76 valence electrons. The molecule has 1 aromatic heterocycles. The van der Waals surface area contributed by atoms with Gasteiger partial charge in [-0.1, -0.05) is 24.3 Å². The summed E-state index contributed by atoms with van der Waals surface area (Å²) < 4.78 is 0. The molecule has 0 aliphatic carbocycles. The van der Waals surface area contributed by atoms with Gasteiger partial charge in [-0.3, -0.25) is 0 Å². The Kier molecular flexibility index (Phi) is 1.86. The number of H-pyrrole nitrogens is 1. The average molecular weight is 199 g/mol. The van der Waals surface area contributed by atoms with Crippen molar-refractivity contribution in [1.82, 2.24) is 15.3 Å². The van der Waals surface area contributed by atoms with E-state index in [2.05, 4.69) is 27.9 Å². The number of para-hydroxylation sites is 2. The zero-order valence-corrected chi connectivity index (χ0v) is 8.46. The van der Waals surface area contributed by atoms with E-state index < -0.39 is 0 Å². The molecule has 3 heteroatoms. The first kappa shape index (κ1) is 8.68. The second-order valence-corrected chi connectivity index (χ2v) is 4.03. The van der Waals surface area contributed by atoms with Crippen molar-refractivity contribution in [2.45, 2.75) is 12.5 Å². The Labute approximate surface area is 88.2 Å². The van der Waals surface area contributed by atoms with Crippen molar-refractivity contribution >= 4 is 11.0 Å². The summed E-state index contributed by atoms with van der Waals surface area (Å²) in [5.74, 6) is 1.02. The first-order valence-corrected chi connectivity index (χ1v) is 5.17. The highest BCUT2D eigenvalue weighted by Crippen LogP contribution is 2.25. The molecule has 0 saturated carbocycles. The number of aromatic nitrogens is 2. The molecule has 3 rings (SSSR count). The highest BCUT2D eigenvalue weighted by molar-refractivity contribution is 5.74. The SMILES string of the molecule is C=C1CN[C@H](c2nc3ccccc3[nH]2)C1. The van der Waals surface area contributed by atoms with Crippen LogP contribution in [0.2, 0.25) is 0 Å². The minimum Gasteiger partial charge on any atom is -0.341 e. The maximum absolute atomic E-state index is 4.57. The number of aromatic amines is 1. The number of rotatable bonds is 1. The highest BCUT2D eigenvalue weighted by Gasteiger charge is 2.21. The Morgan fingerprint density at radius 2 is 2.20 bits per heavy atom. The molecule has 0 spiro atoms. The molecule has 0 amide bonds. The Bertz CT molecular complexity index is 479. The fourth-order valence-corrected chi connectivity index (χ4v) is 2.03. The van der Waals surface area contributed by atoms with Crippen molar-refractivity contribution in [2.24, 2.45) is 0 Å². The van der Waals surface area contributed by atoms with Gasteiger partial charge in [-0.25, -0.2) is 4.98 Å². The minimum absolute atomic E-state index is 0.310. The molecule has 2 heterocycles. The van der Waals surface area contributed by atoms with Gasteiger partial charge in [-0.2, -0.15) is 0 Å². The maximum atomic E-state index is 4.57. The second-order valence-electron chi connectivity index (χ2n) is 4.03. The van der Waals surface area contributed by atoms with Crippen molar-refractivity contribution in [3.8, 4) is 0 Å². The molecule has 0 radical (unpaired) electrons. The molecule has 1 fully saturated rings. The molecule has 1 aromatic carbocycles. The Morgan fingerprint density at radius 3 is 2.93 bits per heavy atom. The largest absolute Gasteiger partial charge is 0.341 e. The molecule has 1 aliphatic rings. The van der Waals surface area contributed by atoms with Crippen LogP contribution in [0.25, 0.3) is 11.0 Å². The molecule has 1 aliphatic heterocycles. The number of hydrogen-bond acceptors (Lipinski definition) is 2. The van der Waals surface area contributed by atoms with Gasteiger partial charge in [0.15, 0.2) is 0 Å². The van der Waals surface area contributed by atoms with Crippen molar-refractivity contribution in [3.05, 3.63) is 42.2 Å². The quantitative estimate of drug-likeness (QED) is 0.691. The molecule has 3 nitrogen and oxygen atoms in total. The van der Waals surface area contributed by atoms with E-state index in [1.807, 2.05) is 18.2 Å². The normalized spacial score (nSPS) is 21.3. The average Bonchev–Trinajstić information content (AvgIpc) is 2.82. The Morgan fingerprint density at radius 1 is 1.33 bits per heavy atom. The number of fused-ring (bicyclic) bond motifs is 1. The summed E-state index contributed by atoms with van der Waals surface area (Å²) in [4.78, 5) is 7.91. The van der Waals surface area contributed by atoms with Crippen molar-refractivity contribution in [1.29, 1.82) is 0 Å². The van der Waals surface area contributed by atoms with Crippen LogP contribution in [0.4, 0.5) is 0 Å². The van der Waals surface area contributed by atoms with Crippen LogP contribution >= 0.6 is 0 Å². The molecule has 2 aromatic rings.